The Kier molecular flexibility index (Phi) is 5.27. The van der Waals surface area contributed by atoms with E-state index in [-0.39, 0.29) is 6.42 Å². The third-order valence-electron chi connectivity index (χ3n) is 4.86. The quantitative estimate of drug-likeness (QED) is 0.346. The zero-order valence-corrected chi connectivity index (χ0v) is 16.9. The molecule has 0 aliphatic rings. The molecule has 29 heavy (non-hydrogen) atoms. The fraction of sp³-hybridized carbons (Fsp3) is 0.0870. The third kappa shape index (κ3) is 3.84. The molecule has 1 aromatic heterocycles. The monoisotopic (exact) mass is 448 g/mol. The number of hydrogen-bond donors (Lipinski definition) is 2. The Bertz CT molecular complexity index is 1190. The van der Waals surface area contributed by atoms with Gasteiger partial charge in [-0.25, -0.2) is 9.78 Å². The molecular formula is C23H17BrN2O3. The first kappa shape index (κ1) is 19.1. The molecule has 0 radical (unpaired) electrons. The Morgan fingerprint density at radius 3 is 2.17 bits per heavy atom. The summed E-state index contributed by atoms with van der Waals surface area (Å²) in [5.74, 6) is -1.51. The minimum Gasteiger partial charge on any atom is -0.480 e. The number of carbonyl (C=O) groups excluding carboxylic acids is 1. The fourth-order valence-corrected chi connectivity index (χ4v) is 3.89. The number of rotatable bonds is 5. The topological polar surface area (TPSA) is 79.3 Å². The van der Waals surface area contributed by atoms with Crippen LogP contribution in [0.3, 0.4) is 0 Å². The van der Waals surface area contributed by atoms with Crippen LogP contribution in [0.15, 0.2) is 77.5 Å². The van der Waals surface area contributed by atoms with Crippen LogP contribution in [0.5, 0.6) is 0 Å². The van der Waals surface area contributed by atoms with E-state index < -0.39 is 17.9 Å². The summed E-state index contributed by atoms with van der Waals surface area (Å²) in [4.78, 5) is 29.2. The summed E-state index contributed by atoms with van der Waals surface area (Å²) in [5, 5.41) is 15.8. The minimum absolute atomic E-state index is 0.123. The van der Waals surface area contributed by atoms with Gasteiger partial charge in [0.2, 0.25) is 0 Å². The number of fused-ring (bicyclic) bond motifs is 2. The molecule has 5 nitrogen and oxygen atoms in total. The van der Waals surface area contributed by atoms with Crippen LogP contribution in [0.4, 0.5) is 0 Å². The van der Waals surface area contributed by atoms with Crippen LogP contribution in [-0.2, 0) is 11.2 Å². The van der Waals surface area contributed by atoms with Gasteiger partial charge in [0, 0.05) is 12.6 Å². The predicted octanol–water partition coefficient (Wildman–Crippen LogP) is 4.58. The normalized spacial score (nSPS) is 12.0. The Morgan fingerprint density at radius 1 is 0.966 bits per heavy atom. The second-order valence-corrected chi connectivity index (χ2v) is 7.47. The van der Waals surface area contributed by atoms with Gasteiger partial charge >= 0.3 is 5.97 Å². The van der Waals surface area contributed by atoms with E-state index in [2.05, 4.69) is 26.2 Å². The number of aromatic nitrogens is 1. The van der Waals surface area contributed by atoms with Gasteiger partial charge in [0.05, 0.1) is 5.56 Å². The first-order chi connectivity index (χ1) is 14.0. The molecule has 0 unspecified atom stereocenters. The standard InChI is InChI=1S/C23H17BrN2O3/c24-21-16(8-5-11-25-21)13-19(23(28)29)26-22(27)20-17-9-3-1-6-14(17)12-15-7-2-4-10-18(15)20/h1-12,19H,13H2,(H,26,27)(H,28,29)/t19-/m1/s1. The summed E-state index contributed by atoms with van der Waals surface area (Å²) in [6.45, 7) is 0. The molecule has 0 aliphatic carbocycles. The molecule has 0 saturated heterocycles. The van der Waals surface area contributed by atoms with Crippen molar-refractivity contribution < 1.29 is 14.7 Å². The number of amides is 1. The Morgan fingerprint density at radius 2 is 1.59 bits per heavy atom. The van der Waals surface area contributed by atoms with Gasteiger partial charge in [-0.2, -0.15) is 0 Å². The van der Waals surface area contributed by atoms with Crippen LogP contribution in [-0.4, -0.2) is 28.0 Å². The van der Waals surface area contributed by atoms with E-state index in [4.69, 9.17) is 0 Å². The average molecular weight is 449 g/mol. The second kappa shape index (κ2) is 8.01. The molecule has 1 amide bonds. The molecule has 0 aliphatic heterocycles. The van der Waals surface area contributed by atoms with E-state index in [1.807, 2.05) is 54.6 Å². The van der Waals surface area contributed by atoms with E-state index >= 15 is 0 Å². The van der Waals surface area contributed by atoms with Crippen molar-refractivity contribution >= 4 is 49.4 Å². The average Bonchev–Trinajstić information content (AvgIpc) is 2.72. The molecule has 1 atom stereocenters. The number of carboxylic acids is 1. The molecule has 0 bridgehead atoms. The molecular weight excluding hydrogens is 432 g/mol. The van der Waals surface area contributed by atoms with Crippen molar-refractivity contribution in [1.29, 1.82) is 0 Å². The van der Waals surface area contributed by atoms with E-state index in [9.17, 15) is 14.7 Å². The lowest BCUT2D eigenvalue weighted by Gasteiger charge is -2.17. The highest BCUT2D eigenvalue weighted by molar-refractivity contribution is 9.10. The lowest BCUT2D eigenvalue weighted by atomic mass is 9.96. The maximum absolute atomic E-state index is 13.3. The minimum atomic E-state index is -1.10. The lowest BCUT2D eigenvalue weighted by Crippen LogP contribution is -2.42. The molecule has 0 saturated carbocycles. The van der Waals surface area contributed by atoms with Crippen LogP contribution in [0.1, 0.15) is 15.9 Å². The molecule has 4 rings (SSSR count). The van der Waals surface area contributed by atoms with Crippen molar-refractivity contribution in [2.75, 3.05) is 0 Å². The summed E-state index contributed by atoms with van der Waals surface area (Å²) >= 11 is 3.33. The van der Waals surface area contributed by atoms with Crippen LogP contribution in [0.25, 0.3) is 21.5 Å². The summed E-state index contributed by atoms with van der Waals surface area (Å²) in [5.41, 5.74) is 1.19. The number of nitrogens with zero attached hydrogens (tertiary/aromatic N) is 1. The van der Waals surface area contributed by atoms with Gasteiger partial charge < -0.3 is 10.4 Å². The summed E-state index contributed by atoms with van der Waals surface area (Å²) < 4.78 is 0.566. The second-order valence-electron chi connectivity index (χ2n) is 6.72. The number of aliphatic carboxylic acids is 1. The molecule has 3 aromatic carbocycles. The van der Waals surface area contributed by atoms with Crippen molar-refractivity contribution in [3.05, 3.63) is 88.7 Å². The first-order valence-electron chi connectivity index (χ1n) is 9.08. The highest BCUT2D eigenvalue weighted by Gasteiger charge is 2.24. The van der Waals surface area contributed by atoms with Crippen LogP contribution in [0.2, 0.25) is 0 Å². The molecule has 6 heteroatoms. The smallest absolute Gasteiger partial charge is 0.326 e. The van der Waals surface area contributed by atoms with Crippen LogP contribution in [0, 0.1) is 0 Å². The zero-order chi connectivity index (χ0) is 20.4. The third-order valence-corrected chi connectivity index (χ3v) is 5.58. The van der Waals surface area contributed by atoms with Crippen molar-refractivity contribution in [2.24, 2.45) is 0 Å². The van der Waals surface area contributed by atoms with Gasteiger partial charge in [-0.1, -0.05) is 54.6 Å². The van der Waals surface area contributed by atoms with Gasteiger partial charge in [-0.15, -0.1) is 0 Å². The molecule has 144 valence electrons. The van der Waals surface area contributed by atoms with Crippen molar-refractivity contribution in [1.82, 2.24) is 10.3 Å². The highest BCUT2D eigenvalue weighted by Crippen LogP contribution is 2.28. The van der Waals surface area contributed by atoms with Gasteiger partial charge in [0.25, 0.3) is 5.91 Å². The lowest BCUT2D eigenvalue weighted by molar-refractivity contribution is -0.139. The Labute approximate surface area is 175 Å². The van der Waals surface area contributed by atoms with Crippen LogP contribution < -0.4 is 5.32 Å². The van der Waals surface area contributed by atoms with E-state index in [0.717, 1.165) is 21.5 Å². The van der Waals surface area contributed by atoms with E-state index in [1.165, 1.54) is 0 Å². The number of pyridine rings is 1. The van der Waals surface area contributed by atoms with Gasteiger partial charge in [0.1, 0.15) is 10.6 Å². The maximum Gasteiger partial charge on any atom is 0.326 e. The highest BCUT2D eigenvalue weighted by atomic mass is 79.9. The van der Waals surface area contributed by atoms with E-state index in [0.29, 0.717) is 15.7 Å². The molecule has 0 spiro atoms. The molecule has 0 fully saturated rings. The summed E-state index contributed by atoms with van der Waals surface area (Å²) in [7, 11) is 0. The molecule has 2 N–H and O–H groups in total. The van der Waals surface area contributed by atoms with E-state index in [1.54, 1.807) is 18.3 Å². The summed E-state index contributed by atoms with van der Waals surface area (Å²) in [6, 6.07) is 19.7. The van der Waals surface area contributed by atoms with Gasteiger partial charge in [-0.3, -0.25) is 4.79 Å². The zero-order valence-electron chi connectivity index (χ0n) is 15.3. The molecule has 4 aromatic rings. The first-order valence-corrected chi connectivity index (χ1v) is 9.87. The van der Waals surface area contributed by atoms with Crippen molar-refractivity contribution in [3.8, 4) is 0 Å². The van der Waals surface area contributed by atoms with Gasteiger partial charge in [0.15, 0.2) is 0 Å². The SMILES string of the molecule is O=C(N[C@H](Cc1cccnc1Br)C(=O)O)c1c2ccccc2cc2ccccc12. The number of benzene rings is 3. The Balaban J connectivity index is 1.75. The fourth-order valence-electron chi connectivity index (χ4n) is 3.48. The largest absolute Gasteiger partial charge is 0.480 e. The van der Waals surface area contributed by atoms with Crippen LogP contribution >= 0.6 is 15.9 Å². The number of hydrogen-bond acceptors (Lipinski definition) is 3. The Hall–Kier alpha value is -3.25. The molecule has 1 heterocycles. The summed E-state index contributed by atoms with van der Waals surface area (Å²) in [6.07, 6.45) is 1.74. The van der Waals surface area contributed by atoms with Crippen molar-refractivity contribution in [2.45, 2.75) is 12.5 Å². The number of carbonyl (C=O) groups is 2. The van der Waals surface area contributed by atoms with Gasteiger partial charge in [-0.05, 0) is 55.2 Å². The number of nitrogens with one attached hydrogen (secondary N) is 1. The predicted molar refractivity (Wildman–Crippen MR) is 116 cm³/mol. The number of carboxylic acid groups (broad SMARTS) is 1. The maximum atomic E-state index is 13.3. The number of halogens is 1. The van der Waals surface area contributed by atoms with Crippen molar-refractivity contribution in [3.63, 3.8) is 0 Å².